The van der Waals surface area contributed by atoms with E-state index in [9.17, 15) is 12.8 Å². The van der Waals surface area contributed by atoms with Gasteiger partial charge >= 0.3 is 0 Å². The summed E-state index contributed by atoms with van der Waals surface area (Å²) in [5, 5.41) is 4.81. The van der Waals surface area contributed by atoms with Gasteiger partial charge in [-0.05, 0) is 35.7 Å². The molecule has 148 valence electrons. The summed E-state index contributed by atoms with van der Waals surface area (Å²) in [5.74, 6) is 0.905. The van der Waals surface area contributed by atoms with Gasteiger partial charge in [0.2, 0.25) is 10.0 Å². The number of hydrogen-bond acceptors (Lipinski definition) is 5. The zero-order valence-corrected chi connectivity index (χ0v) is 16.8. The van der Waals surface area contributed by atoms with Crippen molar-refractivity contribution >= 4 is 27.3 Å². The first-order valence-corrected chi connectivity index (χ1v) is 10.6. The zero-order valence-electron chi connectivity index (χ0n) is 15.2. The van der Waals surface area contributed by atoms with Crippen molar-refractivity contribution in [2.45, 2.75) is 4.21 Å². The summed E-state index contributed by atoms with van der Waals surface area (Å²) in [4.78, 5) is 6.02. The highest BCUT2D eigenvalue weighted by atomic mass is 32.2. The van der Waals surface area contributed by atoms with Gasteiger partial charge in [-0.25, -0.2) is 17.5 Å². The van der Waals surface area contributed by atoms with E-state index in [1.807, 2.05) is 11.9 Å². The Morgan fingerprint density at radius 3 is 2.63 bits per heavy atom. The maximum Gasteiger partial charge on any atom is 0.250 e. The van der Waals surface area contributed by atoms with E-state index in [2.05, 4.69) is 15.0 Å². The van der Waals surface area contributed by atoms with E-state index in [-0.39, 0.29) is 12.4 Å². The van der Waals surface area contributed by atoms with E-state index >= 15 is 0 Å². The SMILES string of the molecule is CN=C(NCCNS(=O)(=O)c1cccs1)N(C)CCOc1ccc(F)cc1. The summed E-state index contributed by atoms with van der Waals surface area (Å²) in [7, 11) is 0.0333. The molecule has 0 fully saturated rings. The average Bonchev–Trinajstić information content (AvgIpc) is 3.19. The van der Waals surface area contributed by atoms with Crippen LogP contribution in [0, 0.1) is 5.82 Å². The number of guanidine groups is 1. The second-order valence-corrected chi connectivity index (χ2v) is 8.47. The van der Waals surface area contributed by atoms with Crippen molar-refractivity contribution in [1.29, 1.82) is 0 Å². The lowest BCUT2D eigenvalue weighted by Gasteiger charge is -2.22. The molecule has 0 atom stereocenters. The van der Waals surface area contributed by atoms with Crippen molar-refractivity contribution < 1.29 is 17.5 Å². The third kappa shape index (κ3) is 6.81. The third-order valence-corrected chi connectivity index (χ3v) is 6.40. The smallest absolute Gasteiger partial charge is 0.250 e. The molecule has 0 unspecified atom stereocenters. The van der Waals surface area contributed by atoms with E-state index in [1.54, 1.807) is 36.7 Å². The Bertz CT molecular complexity index is 824. The minimum atomic E-state index is -3.46. The number of hydrogen-bond donors (Lipinski definition) is 2. The number of nitrogens with one attached hydrogen (secondary N) is 2. The van der Waals surface area contributed by atoms with Gasteiger partial charge in [0.15, 0.2) is 5.96 Å². The fourth-order valence-corrected chi connectivity index (χ4v) is 4.24. The molecule has 0 saturated heterocycles. The van der Waals surface area contributed by atoms with E-state index in [1.165, 1.54) is 23.5 Å². The highest BCUT2D eigenvalue weighted by molar-refractivity contribution is 7.91. The number of halogens is 1. The Morgan fingerprint density at radius 2 is 2.00 bits per heavy atom. The number of aliphatic imine (C=N–C) groups is 1. The number of likely N-dealkylation sites (N-methyl/N-ethyl adjacent to an activating group) is 1. The Hall–Kier alpha value is -2.17. The summed E-state index contributed by atoms with van der Waals surface area (Å²) in [6.07, 6.45) is 0. The number of rotatable bonds is 9. The van der Waals surface area contributed by atoms with Crippen LogP contribution < -0.4 is 14.8 Å². The van der Waals surface area contributed by atoms with Crippen LogP contribution in [0.3, 0.4) is 0 Å². The lowest BCUT2D eigenvalue weighted by molar-refractivity contribution is 0.281. The molecule has 1 aromatic carbocycles. The molecule has 0 aliphatic carbocycles. The molecular formula is C17H23FN4O3S2. The van der Waals surface area contributed by atoms with Gasteiger partial charge in [-0.3, -0.25) is 4.99 Å². The van der Waals surface area contributed by atoms with Crippen LogP contribution in [0.2, 0.25) is 0 Å². The van der Waals surface area contributed by atoms with Gasteiger partial charge in [0, 0.05) is 27.2 Å². The molecule has 10 heteroatoms. The average molecular weight is 415 g/mol. The minimum absolute atomic E-state index is 0.235. The maximum atomic E-state index is 12.9. The normalized spacial score (nSPS) is 12.0. The van der Waals surface area contributed by atoms with Crippen LogP contribution in [0.5, 0.6) is 5.75 Å². The van der Waals surface area contributed by atoms with Crippen molar-refractivity contribution in [2.24, 2.45) is 4.99 Å². The van der Waals surface area contributed by atoms with Gasteiger partial charge in [0.1, 0.15) is 22.4 Å². The quantitative estimate of drug-likeness (QED) is 0.371. The molecule has 0 saturated carbocycles. The fraction of sp³-hybridized carbons (Fsp3) is 0.353. The predicted octanol–water partition coefficient (Wildman–Crippen LogP) is 1.75. The second kappa shape index (κ2) is 10.2. The van der Waals surface area contributed by atoms with Crippen molar-refractivity contribution in [3.05, 3.63) is 47.6 Å². The van der Waals surface area contributed by atoms with Gasteiger partial charge in [-0.15, -0.1) is 11.3 Å². The summed E-state index contributed by atoms with van der Waals surface area (Å²) in [6.45, 7) is 1.57. The maximum absolute atomic E-state index is 12.9. The highest BCUT2D eigenvalue weighted by Crippen LogP contribution is 2.14. The summed E-state index contributed by atoms with van der Waals surface area (Å²) in [5.41, 5.74) is 0. The van der Waals surface area contributed by atoms with E-state index in [0.29, 0.717) is 35.6 Å². The van der Waals surface area contributed by atoms with Crippen LogP contribution in [0.4, 0.5) is 4.39 Å². The molecule has 0 amide bonds. The van der Waals surface area contributed by atoms with Crippen LogP contribution in [-0.4, -0.2) is 59.6 Å². The third-order valence-electron chi connectivity index (χ3n) is 3.54. The zero-order chi connectivity index (χ0) is 19.7. The molecule has 0 aliphatic heterocycles. The summed E-state index contributed by atoms with van der Waals surface area (Å²) < 4.78 is 45.3. The van der Waals surface area contributed by atoms with E-state index in [4.69, 9.17) is 4.74 Å². The molecule has 1 heterocycles. The second-order valence-electron chi connectivity index (χ2n) is 5.53. The number of sulfonamides is 1. The lowest BCUT2D eigenvalue weighted by Crippen LogP contribution is -2.43. The summed E-state index contributed by atoms with van der Waals surface area (Å²) in [6, 6.07) is 9.09. The highest BCUT2D eigenvalue weighted by Gasteiger charge is 2.14. The first-order valence-electron chi connectivity index (χ1n) is 8.25. The standard InChI is InChI=1S/C17H23FN4O3S2/c1-19-17(20-9-10-21-27(23,24)16-4-3-13-26-16)22(2)11-12-25-15-7-5-14(18)6-8-15/h3-8,13,21H,9-12H2,1-2H3,(H,19,20). The first-order chi connectivity index (χ1) is 12.9. The monoisotopic (exact) mass is 414 g/mol. The van der Waals surface area contributed by atoms with E-state index < -0.39 is 10.0 Å². The molecule has 27 heavy (non-hydrogen) atoms. The minimum Gasteiger partial charge on any atom is -0.492 e. The molecule has 2 N–H and O–H groups in total. The number of benzene rings is 1. The Kier molecular flexibility index (Phi) is 8.01. The largest absolute Gasteiger partial charge is 0.492 e. The van der Waals surface area contributed by atoms with Crippen LogP contribution in [0.1, 0.15) is 0 Å². The van der Waals surface area contributed by atoms with Gasteiger partial charge in [0.05, 0.1) is 6.54 Å². The molecule has 0 radical (unpaired) electrons. The Labute approximate surface area is 162 Å². The number of ether oxygens (including phenoxy) is 1. The molecule has 0 aliphatic rings. The molecule has 2 rings (SSSR count). The molecule has 0 spiro atoms. The molecule has 1 aromatic heterocycles. The number of thiophene rings is 1. The predicted molar refractivity (Wildman–Crippen MR) is 105 cm³/mol. The number of nitrogens with zero attached hydrogens (tertiary/aromatic N) is 2. The fourth-order valence-electron chi connectivity index (χ4n) is 2.17. The van der Waals surface area contributed by atoms with Crippen molar-refractivity contribution in [3.8, 4) is 5.75 Å². The Morgan fingerprint density at radius 1 is 1.26 bits per heavy atom. The van der Waals surface area contributed by atoms with E-state index in [0.717, 1.165) is 0 Å². The van der Waals surface area contributed by atoms with Crippen LogP contribution in [-0.2, 0) is 10.0 Å². The Balaban J connectivity index is 1.70. The van der Waals surface area contributed by atoms with Crippen LogP contribution in [0.15, 0.2) is 51.0 Å². The molecular weight excluding hydrogens is 391 g/mol. The molecule has 0 bridgehead atoms. The molecule has 2 aromatic rings. The van der Waals surface area contributed by atoms with Crippen molar-refractivity contribution in [2.75, 3.05) is 40.3 Å². The molecule has 7 nitrogen and oxygen atoms in total. The summed E-state index contributed by atoms with van der Waals surface area (Å²) >= 11 is 1.17. The topological polar surface area (TPSA) is 83.0 Å². The van der Waals surface area contributed by atoms with Crippen molar-refractivity contribution in [1.82, 2.24) is 14.9 Å². The lowest BCUT2D eigenvalue weighted by atomic mass is 10.3. The van der Waals surface area contributed by atoms with Gasteiger partial charge in [-0.1, -0.05) is 6.07 Å². The van der Waals surface area contributed by atoms with Crippen LogP contribution >= 0.6 is 11.3 Å². The van der Waals surface area contributed by atoms with Crippen molar-refractivity contribution in [3.63, 3.8) is 0 Å². The van der Waals surface area contributed by atoms with Gasteiger partial charge < -0.3 is 15.0 Å². The van der Waals surface area contributed by atoms with Gasteiger partial charge in [-0.2, -0.15) is 0 Å². The first kappa shape index (κ1) is 21.1. The van der Waals surface area contributed by atoms with Crippen LogP contribution in [0.25, 0.3) is 0 Å². The van der Waals surface area contributed by atoms with Gasteiger partial charge in [0.25, 0.3) is 0 Å².